The van der Waals surface area contributed by atoms with Crippen LogP contribution in [0.15, 0.2) is 17.1 Å². The molecule has 1 N–H and O–H groups in total. The van der Waals surface area contributed by atoms with Gasteiger partial charge < -0.3 is 9.47 Å². The predicted octanol–water partition coefficient (Wildman–Crippen LogP) is 4.17. The lowest BCUT2D eigenvalue weighted by Crippen LogP contribution is -2.45. The van der Waals surface area contributed by atoms with Crippen LogP contribution in [0.4, 0.5) is 19.8 Å². The van der Waals surface area contributed by atoms with E-state index in [4.69, 9.17) is 18.9 Å². The zero-order chi connectivity index (χ0) is 26.0. The Bertz CT molecular complexity index is 965. The van der Waals surface area contributed by atoms with Gasteiger partial charge in [0.15, 0.2) is 5.82 Å². The van der Waals surface area contributed by atoms with Gasteiger partial charge in [-0.05, 0) is 47.6 Å². The second-order valence-electron chi connectivity index (χ2n) is 9.67. The number of carbonyl (C=O) groups is 2. The Morgan fingerprint density at radius 2 is 1.74 bits per heavy atom. The molecule has 0 aliphatic carbocycles. The van der Waals surface area contributed by atoms with Crippen LogP contribution in [0.25, 0.3) is 0 Å². The van der Waals surface area contributed by atoms with E-state index in [0.717, 1.165) is 16.3 Å². The van der Waals surface area contributed by atoms with E-state index in [0.29, 0.717) is 4.90 Å². The van der Waals surface area contributed by atoms with Gasteiger partial charge in [0.2, 0.25) is 0 Å². The molecule has 2 amide bonds. The van der Waals surface area contributed by atoms with Gasteiger partial charge in [0, 0.05) is 21.9 Å². The SMILES string of the molecule is C[C@H]1[C@H](F)[C@H](n2ccc(N(C(=O)OC(C)(C)C)C(=O)OC(C)(C)C)nc2=O)S[C@@H]1CO[P+](=O)O. The van der Waals surface area contributed by atoms with Crippen LogP contribution in [0.3, 0.4) is 0 Å². The van der Waals surface area contributed by atoms with Crippen molar-refractivity contribution in [3.05, 3.63) is 22.7 Å². The summed E-state index contributed by atoms with van der Waals surface area (Å²) >= 11 is 1.07. The molecular formula is C20H30FN3O8PS+. The number of anilines is 1. The van der Waals surface area contributed by atoms with Gasteiger partial charge in [-0.1, -0.05) is 6.92 Å². The second-order valence-corrected chi connectivity index (χ2v) is 11.8. The minimum atomic E-state index is -2.83. The number of thioether (sulfide) groups is 1. The van der Waals surface area contributed by atoms with Gasteiger partial charge in [-0.2, -0.15) is 9.88 Å². The van der Waals surface area contributed by atoms with Crippen molar-refractivity contribution < 1.29 is 37.4 Å². The standard InChI is InChI=1S/C20H29FN3O8PS/c1-11-12(10-30-33(28)29)34-15(14(11)21)23-9-8-13(22-16(23)25)24(17(26)31-19(2,3)4)18(27)32-20(5,6)7/h8-9,11-12,14-15H,10H2,1-7H3/p+1/t11-,12-,14+,15-/m1/s1. The van der Waals surface area contributed by atoms with E-state index >= 15 is 0 Å². The van der Waals surface area contributed by atoms with Crippen LogP contribution in [-0.2, 0) is 18.6 Å². The Kier molecular flexibility index (Phi) is 8.84. The van der Waals surface area contributed by atoms with Crippen LogP contribution >= 0.6 is 20.0 Å². The maximum absolute atomic E-state index is 15.0. The maximum atomic E-state index is 15.0. The average Bonchev–Trinajstić information content (AvgIpc) is 2.92. The van der Waals surface area contributed by atoms with Crippen molar-refractivity contribution in [1.29, 1.82) is 0 Å². The highest BCUT2D eigenvalue weighted by Crippen LogP contribution is 2.47. The molecule has 1 aromatic heterocycles. The minimum Gasteiger partial charge on any atom is -0.443 e. The normalized spacial score (nSPS) is 23.4. The molecule has 1 aromatic rings. The Balaban J connectivity index is 2.36. The number of amides is 2. The third kappa shape index (κ3) is 7.46. The second kappa shape index (κ2) is 10.7. The highest BCUT2D eigenvalue weighted by molar-refractivity contribution is 8.00. The number of carbonyl (C=O) groups excluding carboxylic acids is 2. The molecule has 0 aromatic carbocycles. The summed E-state index contributed by atoms with van der Waals surface area (Å²) in [6.45, 7) is 11.1. The molecule has 2 rings (SSSR count). The minimum absolute atomic E-state index is 0.167. The highest BCUT2D eigenvalue weighted by Gasteiger charge is 2.45. The number of aromatic nitrogens is 2. The smallest absolute Gasteiger partial charge is 0.443 e. The van der Waals surface area contributed by atoms with Crippen molar-refractivity contribution in [1.82, 2.24) is 9.55 Å². The highest BCUT2D eigenvalue weighted by atomic mass is 32.2. The molecule has 1 aliphatic rings. The summed E-state index contributed by atoms with van der Waals surface area (Å²) in [5.74, 6) is -0.912. The molecule has 0 saturated carbocycles. The van der Waals surface area contributed by atoms with Gasteiger partial charge in [0.1, 0.15) is 29.4 Å². The summed E-state index contributed by atoms with van der Waals surface area (Å²) in [6, 6.07) is 1.21. The fourth-order valence-electron chi connectivity index (χ4n) is 2.99. The number of hydrogen-bond donors (Lipinski definition) is 1. The molecule has 1 saturated heterocycles. The first-order chi connectivity index (χ1) is 15.5. The molecule has 14 heteroatoms. The number of rotatable bonds is 5. The molecule has 0 spiro atoms. The van der Waals surface area contributed by atoms with E-state index in [1.807, 2.05) is 0 Å². The van der Waals surface area contributed by atoms with Crippen LogP contribution in [0.1, 0.15) is 53.8 Å². The Morgan fingerprint density at radius 1 is 1.21 bits per heavy atom. The largest absolute Gasteiger partial charge is 0.694 e. The average molecular weight is 523 g/mol. The zero-order valence-corrected chi connectivity index (χ0v) is 21.8. The molecule has 0 bridgehead atoms. The fourth-order valence-corrected chi connectivity index (χ4v) is 4.97. The Morgan fingerprint density at radius 3 is 2.18 bits per heavy atom. The van der Waals surface area contributed by atoms with Crippen LogP contribution in [0.2, 0.25) is 0 Å². The van der Waals surface area contributed by atoms with Gasteiger partial charge in [0.05, 0.1) is 0 Å². The molecule has 2 heterocycles. The number of imide groups is 1. The van der Waals surface area contributed by atoms with Crippen molar-refractivity contribution in [2.45, 2.75) is 76.5 Å². The first-order valence-corrected chi connectivity index (χ1v) is 12.5. The summed E-state index contributed by atoms with van der Waals surface area (Å²) in [6.07, 6.45) is -2.43. The van der Waals surface area contributed by atoms with Crippen molar-refractivity contribution >= 4 is 38.0 Å². The zero-order valence-electron chi connectivity index (χ0n) is 20.1. The van der Waals surface area contributed by atoms with Crippen LogP contribution in [-0.4, -0.2) is 55.9 Å². The van der Waals surface area contributed by atoms with Gasteiger partial charge >= 0.3 is 26.1 Å². The molecule has 34 heavy (non-hydrogen) atoms. The lowest BCUT2D eigenvalue weighted by atomic mass is 10.0. The molecule has 1 unspecified atom stereocenters. The predicted molar refractivity (Wildman–Crippen MR) is 124 cm³/mol. The Hall–Kier alpha value is -2.08. The van der Waals surface area contributed by atoms with Crippen molar-refractivity contribution in [3.63, 3.8) is 0 Å². The third-order valence-electron chi connectivity index (χ3n) is 4.50. The van der Waals surface area contributed by atoms with Crippen molar-refractivity contribution in [2.75, 3.05) is 11.5 Å². The lowest BCUT2D eigenvalue weighted by Gasteiger charge is -2.28. The van der Waals surface area contributed by atoms with E-state index < -0.39 is 60.0 Å². The summed E-state index contributed by atoms with van der Waals surface area (Å²) in [4.78, 5) is 51.4. The molecule has 11 nitrogen and oxygen atoms in total. The van der Waals surface area contributed by atoms with Crippen molar-refractivity contribution in [2.24, 2.45) is 5.92 Å². The van der Waals surface area contributed by atoms with E-state index in [1.165, 1.54) is 12.3 Å². The first kappa shape index (κ1) is 28.2. The summed E-state index contributed by atoms with van der Waals surface area (Å²) in [5.41, 5.74) is -2.79. The van der Waals surface area contributed by atoms with Gasteiger partial charge in [0.25, 0.3) is 0 Å². The van der Waals surface area contributed by atoms with Crippen molar-refractivity contribution in [3.8, 4) is 0 Å². The maximum Gasteiger partial charge on any atom is 0.694 e. The van der Waals surface area contributed by atoms with Gasteiger partial charge in [-0.25, -0.2) is 18.8 Å². The van der Waals surface area contributed by atoms with E-state index in [1.54, 1.807) is 48.5 Å². The number of alkyl halides is 1. The topological polar surface area (TPSA) is 137 Å². The van der Waals surface area contributed by atoms with Gasteiger partial charge in [-0.3, -0.25) is 4.57 Å². The Labute approximate surface area is 201 Å². The monoisotopic (exact) mass is 522 g/mol. The molecule has 190 valence electrons. The van der Waals surface area contributed by atoms with E-state index in [-0.39, 0.29) is 12.4 Å². The lowest BCUT2D eigenvalue weighted by molar-refractivity contribution is 0.0428. The summed E-state index contributed by atoms with van der Waals surface area (Å²) < 4.78 is 42.0. The van der Waals surface area contributed by atoms with Crippen LogP contribution < -0.4 is 10.6 Å². The first-order valence-electron chi connectivity index (χ1n) is 10.4. The van der Waals surface area contributed by atoms with E-state index in [2.05, 4.69) is 4.98 Å². The number of halogens is 1. The number of hydrogen-bond acceptors (Lipinski definition) is 9. The number of nitrogens with zero attached hydrogens (tertiary/aromatic N) is 3. The molecule has 1 fully saturated rings. The summed E-state index contributed by atoms with van der Waals surface area (Å²) in [5, 5.41) is -1.46. The molecule has 5 atom stereocenters. The van der Waals surface area contributed by atoms with E-state index in [9.17, 15) is 23.3 Å². The quantitative estimate of drug-likeness (QED) is 0.561. The number of ether oxygens (including phenoxy) is 2. The fraction of sp³-hybridized carbons (Fsp3) is 0.700. The van der Waals surface area contributed by atoms with Crippen LogP contribution in [0, 0.1) is 5.92 Å². The van der Waals surface area contributed by atoms with Crippen LogP contribution in [0.5, 0.6) is 0 Å². The molecular weight excluding hydrogens is 492 g/mol. The summed E-state index contributed by atoms with van der Waals surface area (Å²) in [7, 11) is -2.83. The molecule has 0 radical (unpaired) electrons. The third-order valence-corrected chi connectivity index (χ3v) is 6.55. The molecule has 1 aliphatic heterocycles. The van der Waals surface area contributed by atoms with Gasteiger partial charge in [-0.15, -0.1) is 21.2 Å².